The Hall–Kier alpha value is -4.11. The number of sulfone groups is 3. The molecule has 0 bridgehead atoms. The lowest BCUT2D eigenvalue weighted by Crippen LogP contribution is -2.56. The Labute approximate surface area is 373 Å². The van der Waals surface area contributed by atoms with E-state index in [1.807, 2.05) is 0 Å². The maximum atomic E-state index is 12.6. The number of hydrogen-bond acceptors (Lipinski definition) is 18. The van der Waals surface area contributed by atoms with Gasteiger partial charge in [-0.15, -0.1) is 10.2 Å². The number of rotatable bonds is 5. The number of hydrazine groups is 1. The van der Waals surface area contributed by atoms with Crippen LogP contribution in [0.25, 0.3) is 0 Å². The first-order valence-corrected chi connectivity index (χ1v) is 25.1. The van der Waals surface area contributed by atoms with Crippen LogP contribution in [0.15, 0.2) is 33.5 Å². The lowest BCUT2D eigenvalue weighted by Gasteiger charge is -2.33. The summed E-state index contributed by atoms with van der Waals surface area (Å²) in [6.45, 7) is 11.6. The second-order valence-electron chi connectivity index (χ2n) is 15.8. The van der Waals surface area contributed by atoms with Crippen LogP contribution in [0.2, 0.25) is 5.02 Å². The zero-order valence-electron chi connectivity index (χ0n) is 35.0. The minimum Gasteiger partial charge on any atom is -0.465 e. The summed E-state index contributed by atoms with van der Waals surface area (Å²) in [7, 11) is -10.6. The summed E-state index contributed by atoms with van der Waals surface area (Å²) in [5.74, 6) is 2.30. The number of benzene rings is 1. The maximum absolute atomic E-state index is 12.6. The predicted molar refractivity (Wildman–Crippen MR) is 226 cm³/mol. The van der Waals surface area contributed by atoms with Gasteiger partial charge in [-0.25, -0.2) is 40.7 Å². The first-order chi connectivity index (χ1) is 28.5. The van der Waals surface area contributed by atoms with E-state index in [0.29, 0.717) is 15.1 Å². The van der Waals surface area contributed by atoms with Crippen molar-refractivity contribution in [1.29, 1.82) is 0 Å². The summed E-state index contributed by atoms with van der Waals surface area (Å²) < 4.78 is 92.4. The molecule has 3 aliphatic rings. The molecule has 0 saturated carbocycles. The first kappa shape index (κ1) is 52.2. The number of carbonyl (C=O) groups excluding carboxylic acids is 5. The van der Waals surface area contributed by atoms with Crippen molar-refractivity contribution in [3.63, 3.8) is 0 Å². The monoisotopic (exact) mass is 1020 g/mol. The van der Waals surface area contributed by atoms with Gasteiger partial charge in [0.1, 0.15) is 11.2 Å². The van der Waals surface area contributed by atoms with Crippen LogP contribution in [0.5, 0.6) is 0 Å². The van der Waals surface area contributed by atoms with E-state index in [-0.39, 0.29) is 74.9 Å². The number of ether oxygens (including phenoxy) is 3. The molecule has 3 unspecified atom stereocenters. The molecule has 3 fully saturated rings. The molecule has 3 saturated heterocycles. The number of nitrogens with two attached hydrogens (primary N) is 1. The number of aromatic nitrogens is 2. The number of carbonyl (C=O) groups is 5. The van der Waals surface area contributed by atoms with E-state index < -0.39 is 80.5 Å². The van der Waals surface area contributed by atoms with Crippen molar-refractivity contribution < 1.29 is 67.9 Å². The number of esters is 1. The van der Waals surface area contributed by atoms with Crippen LogP contribution in [-0.2, 0) is 53.3 Å². The van der Waals surface area contributed by atoms with Crippen molar-refractivity contribution in [2.75, 3.05) is 63.1 Å². The fourth-order valence-corrected chi connectivity index (χ4v) is 10.8. The number of nitrogens with one attached hydrogen (secondary N) is 1. The van der Waals surface area contributed by atoms with Gasteiger partial charge in [0.25, 0.3) is 11.8 Å². The quantitative estimate of drug-likeness (QED) is 0.142. The molecule has 3 N–H and O–H groups in total. The van der Waals surface area contributed by atoms with Crippen LogP contribution in [0.1, 0.15) is 70.0 Å². The molecular weight excluding hydrogens is 970 g/mol. The summed E-state index contributed by atoms with van der Waals surface area (Å²) in [5, 5.41) is 3.90. The molecule has 3 aliphatic heterocycles. The maximum Gasteiger partial charge on any atom is 0.410 e. The van der Waals surface area contributed by atoms with Crippen LogP contribution in [0, 0.1) is 0 Å². The standard InChI is InChI=1S/C13H11BrClN3O4S.C12H21NO6S.C10H19N3O5S/c14-9-2-1-8(5-10(9)15)13(19)18-3-4-23(20,21)11(6-18)12-17-16-7-22-12;1-5-18-10(14)9-8-13(6-7-20(9,16)17)11(15)19-12(2,3)4;1-10(2,3)18-9(15)13-4-5-19(16,17)7(6-13)8(14)12-11/h1-2,5,7,11H,3-4,6H2;9H,5-8H2,1-4H3;7H,4-6,11H2,1-3H3,(H,12,14). The molecule has 1 aromatic heterocycles. The van der Waals surface area contributed by atoms with Gasteiger partial charge in [0.15, 0.2) is 45.3 Å². The Kier molecular flexibility index (Phi) is 17.7. The fourth-order valence-electron chi connectivity index (χ4n) is 5.68. The Balaban J connectivity index is 0.000000249. The highest BCUT2D eigenvalue weighted by atomic mass is 79.9. The van der Waals surface area contributed by atoms with Gasteiger partial charge in [-0.2, -0.15) is 0 Å². The summed E-state index contributed by atoms with van der Waals surface area (Å²) in [6.07, 6.45) is -0.195. The number of amides is 4. The van der Waals surface area contributed by atoms with Crippen molar-refractivity contribution in [2.45, 2.75) is 75.4 Å². The third-order valence-electron chi connectivity index (χ3n) is 8.79. The Morgan fingerprint density at radius 1 is 0.823 bits per heavy atom. The molecule has 4 amide bonds. The zero-order valence-corrected chi connectivity index (χ0v) is 39.8. The highest BCUT2D eigenvalue weighted by Gasteiger charge is 2.43. The van der Waals surface area contributed by atoms with Crippen molar-refractivity contribution >= 4 is 87.0 Å². The molecule has 1 aromatic carbocycles. The molecule has 2 aromatic rings. The summed E-state index contributed by atoms with van der Waals surface area (Å²) >= 11 is 9.27. The average molecular weight is 1020 g/mol. The SMILES string of the molecule is CC(C)(C)OC(=O)N1CCS(=O)(=O)C(C(=O)NN)C1.CCOC(=O)C1CN(C(=O)OC(C)(C)C)CCS1(=O)=O.O=C(c1ccc(Br)c(Cl)c1)N1CCS(=O)(=O)C(c2nnco2)C1. The lowest BCUT2D eigenvalue weighted by atomic mass is 10.2. The molecule has 0 radical (unpaired) electrons. The predicted octanol–water partition coefficient (Wildman–Crippen LogP) is 1.69. The number of halogens is 2. The van der Waals surface area contributed by atoms with E-state index in [1.54, 1.807) is 72.1 Å². The van der Waals surface area contributed by atoms with Gasteiger partial charge in [-0.1, -0.05) is 11.6 Å². The van der Waals surface area contributed by atoms with Gasteiger partial charge < -0.3 is 33.3 Å². The Morgan fingerprint density at radius 3 is 1.79 bits per heavy atom. The molecule has 62 heavy (non-hydrogen) atoms. The normalized spacial score (nSPS) is 21.7. The lowest BCUT2D eigenvalue weighted by molar-refractivity contribution is -0.143. The highest BCUT2D eigenvalue weighted by Crippen LogP contribution is 2.29. The minimum absolute atomic E-state index is 0.00339. The van der Waals surface area contributed by atoms with E-state index in [9.17, 15) is 49.2 Å². The number of hydrogen-bond donors (Lipinski definition) is 2. The third-order valence-corrected chi connectivity index (χ3v) is 15.9. The molecule has 5 rings (SSSR count). The molecular formula is C35H51BrClN7O15S3. The third kappa shape index (κ3) is 14.7. The van der Waals surface area contributed by atoms with Crippen molar-refractivity contribution in [3.05, 3.63) is 45.5 Å². The molecule has 348 valence electrons. The molecule has 27 heteroatoms. The van der Waals surface area contributed by atoms with E-state index in [4.69, 9.17) is 36.1 Å². The van der Waals surface area contributed by atoms with E-state index in [0.717, 1.165) is 6.39 Å². The Morgan fingerprint density at radius 2 is 1.32 bits per heavy atom. The molecule has 0 aliphatic carbocycles. The second kappa shape index (κ2) is 21.0. The second-order valence-corrected chi connectivity index (χ2v) is 24.0. The van der Waals surface area contributed by atoms with Gasteiger partial charge in [-0.3, -0.25) is 19.8 Å². The topological polar surface area (TPSA) is 302 Å². The van der Waals surface area contributed by atoms with Crippen molar-refractivity contribution in [2.24, 2.45) is 5.84 Å². The van der Waals surface area contributed by atoms with Crippen molar-refractivity contribution in [3.8, 4) is 0 Å². The van der Waals surface area contributed by atoms with Gasteiger partial charge in [0.2, 0.25) is 12.3 Å². The van der Waals surface area contributed by atoms with E-state index in [1.165, 1.54) is 14.7 Å². The summed E-state index contributed by atoms with van der Waals surface area (Å²) in [5.41, 5.74) is 0.836. The van der Waals surface area contributed by atoms with E-state index >= 15 is 0 Å². The zero-order chi connectivity index (χ0) is 47.0. The van der Waals surface area contributed by atoms with Crippen LogP contribution in [0.3, 0.4) is 0 Å². The van der Waals surface area contributed by atoms with Crippen LogP contribution >= 0.6 is 27.5 Å². The van der Waals surface area contributed by atoms with Crippen molar-refractivity contribution in [1.82, 2.24) is 30.3 Å². The fraction of sp³-hybridized carbons (Fsp3) is 0.629. The van der Waals surface area contributed by atoms with Gasteiger partial charge in [0, 0.05) is 42.8 Å². The van der Waals surface area contributed by atoms with E-state index in [2.05, 4.69) is 26.1 Å². The van der Waals surface area contributed by atoms with Crippen LogP contribution in [0.4, 0.5) is 9.59 Å². The minimum atomic E-state index is -3.59. The molecule has 3 atom stereocenters. The van der Waals surface area contributed by atoms with Crippen LogP contribution < -0.4 is 11.3 Å². The molecule has 4 heterocycles. The summed E-state index contributed by atoms with van der Waals surface area (Å²) in [4.78, 5) is 63.3. The first-order valence-electron chi connectivity index (χ1n) is 18.8. The van der Waals surface area contributed by atoms with Gasteiger partial charge >= 0.3 is 18.2 Å². The van der Waals surface area contributed by atoms with Crippen LogP contribution in [-0.4, -0.2) is 165 Å². The highest BCUT2D eigenvalue weighted by molar-refractivity contribution is 9.10. The molecule has 0 spiro atoms. The largest absolute Gasteiger partial charge is 0.465 e. The average Bonchev–Trinajstić information content (AvgIpc) is 3.69. The summed E-state index contributed by atoms with van der Waals surface area (Å²) in [6, 6.07) is 4.84. The molecule has 22 nitrogen and oxygen atoms in total. The smallest absolute Gasteiger partial charge is 0.410 e. The number of nitrogens with zero attached hydrogens (tertiary/aromatic N) is 5. The van der Waals surface area contributed by atoms with Gasteiger partial charge in [0.05, 0.1) is 35.4 Å². The Bertz CT molecular complexity index is 2290. The van der Waals surface area contributed by atoms with Gasteiger partial charge in [-0.05, 0) is 82.6 Å².